The number of benzene rings is 1. The summed E-state index contributed by atoms with van der Waals surface area (Å²) in [4.78, 5) is 42.6. The van der Waals surface area contributed by atoms with E-state index in [-0.39, 0.29) is 29.2 Å². The zero-order valence-electron chi connectivity index (χ0n) is 20.8. The van der Waals surface area contributed by atoms with Gasteiger partial charge in [-0.05, 0) is 63.5 Å². The molecular formula is C27H36N4O4S. The van der Waals surface area contributed by atoms with E-state index in [1.165, 1.54) is 30.2 Å². The molecule has 8 nitrogen and oxygen atoms in total. The summed E-state index contributed by atoms with van der Waals surface area (Å²) in [6.07, 6.45) is 10.9. The van der Waals surface area contributed by atoms with Crippen LogP contribution in [0.2, 0.25) is 0 Å². The van der Waals surface area contributed by atoms with Crippen LogP contribution in [0.3, 0.4) is 0 Å². The van der Waals surface area contributed by atoms with Gasteiger partial charge < -0.3 is 15.4 Å². The summed E-state index contributed by atoms with van der Waals surface area (Å²) in [5.41, 5.74) is 1.90. The molecule has 0 radical (unpaired) electrons. The normalized spacial score (nSPS) is 17.7. The quantitative estimate of drug-likeness (QED) is 0.256. The third-order valence-electron chi connectivity index (χ3n) is 6.65. The topological polar surface area (TPSA) is 102 Å². The summed E-state index contributed by atoms with van der Waals surface area (Å²) in [6.45, 7) is 2.28. The van der Waals surface area contributed by atoms with Crippen LogP contribution in [0.4, 0.5) is 0 Å². The molecule has 194 valence electrons. The molecule has 1 aliphatic carbocycles. The minimum absolute atomic E-state index is 0.0473. The molecule has 0 bridgehead atoms. The average Bonchev–Trinajstić information content (AvgIpc) is 3.42. The van der Waals surface area contributed by atoms with Crippen LogP contribution in [0.1, 0.15) is 57.8 Å². The van der Waals surface area contributed by atoms with Crippen LogP contribution >= 0.6 is 11.8 Å². The van der Waals surface area contributed by atoms with E-state index < -0.39 is 0 Å². The maximum absolute atomic E-state index is 13.2. The van der Waals surface area contributed by atoms with Crippen LogP contribution in [-0.4, -0.2) is 52.9 Å². The number of carbonyl (C=O) groups excluding carboxylic acids is 2. The smallest absolute Gasteiger partial charge is 0.262 e. The van der Waals surface area contributed by atoms with Crippen molar-refractivity contribution in [3.05, 3.63) is 46.3 Å². The molecule has 1 aromatic heterocycles. The van der Waals surface area contributed by atoms with Crippen LogP contribution in [-0.2, 0) is 20.9 Å². The number of allylic oxidation sites excluding steroid dienone is 1. The van der Waals surface area contributed by atoms with Crippen molar-refractivity contribution in [2.75, 3.05) is 25.4 Å². The highest BCUT2D eigenvalue weighted by Crippen LogP contribution is 2.20. The Bertz CT molecular complexity index is 1140. The SMILES string of the molecule is O=C(CCCn1c(SCC(=O)NCCC2=CCCCC2)nc2ccccc2c1=O)NCC1CCCO1. The Morgan fingerprint density at radius 1 is 1.14 bits per heavy atom. The molecule has 9 heteroatoms. The lowest BCUT2D eigenvalue weighted by Gasteiger charge is -2.14. The van der Waals surface area contributed by atoms with Gasteiger partial charge in [-0.15, -0.1) is 0 Å². The van der Waals surface area contributed by atoms with E-state index in [9.17, 15) is 14.4 Å². The first-order valence-corrected chi connectivity index (χ1v) is 14.0. The number of aromatic nitrogens is 2. The summed E-state index contributed by atoms with van der Waals surface area (Å²) in [5, 5.41) is 6.95. The van der Waals surface area contributed by atoms with Gasteiger partial charge in [0.15, 0.2) is 5.16 Å². The number of hydrogen-bond acceptors (Lipinski definition) is 6. The van der Waals surface area contributed by atoms with Gasteiger partial charge in [-0.25, -0.2) is 4.98 Å². The fourth-order valence-electron chi connectivity index (χ4n) is 4.65. The van der Waals surface area contributed by atoms with Gasteiger partial charge in [0.25, 0.3) is 5.56 Å². The Balaban J connectivity index is 1.32. The average molecular weight is 513 g/mol. The van der Waals surface area contributed by atoms with Crippen molar-refractivity contribution < 1.29 is 14.3 Å². The lowest BCUT2D eigenvalue weighted by molar-refractivity contribution is -0.121. The van der Waals surface area contributed by atoms with Crippen LogP contribution in [0.25, 0.3) is 10.9 Å². The predicted molar refractivity (Wildman–Crippen MR) is 142 cm³/mol. The maximum Gasteiger partial charge on any atom is 0.262 e. The molecule has 2 amide bonds. The molecule has 0 spiro atoms. The van der Waals surface area contributed by atoms with E-state index in [4.69, 9.17) is 4.74 Å². The number of nitrogens with zero attached hydrogens (tertiary/aromatic N) is 2. The standard InChI is InChI=1S/C27H36N4O4S/c32-24(29-18-21-10-7-17-35-21)13-6-16-31-26(34)22-11-4-5-12-23(22)30-27(31)36-19-25(33)28-15-14-20-8-2-1-3-9-20/h4-5,8,11-12,21H,1-3,6-7,9-10,13-19H2,(H,28,33)(H,29,32). The van der Waals surface area contributed by atoms with Crippen molar-refractivity contribution in [1.82, 2.24) is 20.2 Å². The molecule has 2 aromatic rings. The monoisotopic (exact) mass is 512 g/mol. The lowest BCUT2D eigenvalue weighted by atomic mass is 9.97. The first-order valence-electron chi connectivity index (χ1n) is 13.1. The van der Waals surface area contributed by atoms with Crippen LogP contribution in [0.15, 0.2) is 45.9 Å². The van der Waals surface area contributed by atoms with Crippen molar-refractivity contribution in [3.8, 4) is 0 Å². The molecule has 36 heavy (non-hydrogen) atoms. The van der Waals surface area contributed by atoms with Crippen molar-refractivity contribution in [3.63, 3.8) is 0 Å². The van der Waals surface area contributed by atoms with Crippen LogP contribution in [0.5, 0.6) is 0 Å². The molecule has 2 heterocycles. The van der Waals surface area contributed by atoms with Crippen molar-refractivity contribution in [2.24, 2.45) is 0 Å². The van der Waals surface area contributed by atoms with Crippen molar-refractivity contribution in [2.45, 2.75) is 75.6 Å². The number of fused-ring (bicyclic) bond motifs is 1. The zero-order valence-corrected chi connectivity index (χ0v) is 21.6. The number of carbonyl (C=O) groups is 2. The zero-order chi connectivity index (χ0) is 25.2. The lowest BCUT2D eigenvalue weighted by Crippen LogP contribution is -2.32. The van der Waals surface area contributed by atoms with Gasteiger partial charge in [-0.3, -0.25) is 19.0 Å². The summed E-state index contributed by atoms with van der Waals surface area (Å²) in [5.74, 6) is 0.0685. The number of rotatable bonds is 12. The number of para-hydroxylation sites is 1. The Morgan fingerprint density at radius 2 is 2.03 bits per heavy atom. The fourth-order valence-corrected chi connectivity index (χ4v) is 5.50. The highest BCUT2D eigenvalue weighted by Gasteiger charge is 2.17. The molecule has 1 fully saturated rings. The summed E-state index contributed by atoms with van der Waals surface area (Å²) < 4.78 is 7.14. The Kier molecular flexibility index (Phi) is 9.98. The Morgan fingerprint density at radius 3 is 2.83 bits per heavy atom. The van der Waals surface area contributed by atoms with E-state index in [0.29, 0.717) is 48.5 Å². The van der Waals surface area contributed by atoms with Gasteiger partial charge in [-0.2, -0.15) is 0 Å². The molecule has 0 saturated carbocycles. The predicted octanol–water partition coefficient (Wildman–Crippen LogP) is 3.57. The number of thioether (sulfide) groups is 1. The molecule has 4 rings (SSSR count). The second-order valence-corrected chi connectivity index (χ2v) is 10.4. The number of hydrogen-bond donors (Lipinski definition) is 2. The van der Waals surface area contributed by atoms with Crippen molar-refractivity contribution >= 4 is 34.5 Å². The second kappa shape index (κ2) is 13.6. The first kappa shape index (κ1) is 26.4. The molecule has 2 N–H and O–H groups in total. The molecule has 1 atom stereocenters. The summed E-state index contributed by atoms with van der Waals surface area (Å²) in [6, 6.07) is 7.23. The fraction of sp³-hybridized carbons (Fsp3) is 0.556. The second-order valence-electron chi connectivity index (χ2n) is 9.41. The minimum atomic E-state index is -0.146. The molecule has 2 aliphatic rings. The number of ether oxygens (including phenoxy) is 1. The highest BCUT2D eigenvalue weighted by molar-refractivity contribution is 7.99. The number of amides is 2. The third kappa shape index (κ3) is 7.67. The van der Waals surface area contributed by atoms with Gasteiger partial charge in [0.1, 0.15) is 0 Å². The third-order valence-corrected chi connectivity index (χ3v) is 7.63. The molecular weight excluding hydrogens is 476 g/mol. The van der Waals surface area contributed by atoms with E-state index in [0.717, 1.165) is 38.7 Å². The first-order chi connectivity index (χ1) is 17.6. The molecule has 1 aromatic carbocycles. The van der Waals surface area contributed by atoms with E-state index in [2.05, 4.69) is 21.7 Å². The van der Waals surface area contributed by atoms with Crippen LogP contribution in [0, 0.1) is 0 Å². The van der Waals surface area contributed by atoms with Crippen LogP contribution < -0.4 is 16.2 Å². The summed E-state index contributed by atoms with van der Waals surface area (Å²) >= 11 is 1.26. The van der Waals surface area contributed by atoms with Crippen molar-refractivity contribution in [1.29, 1.82) is 0 Å². The molecule has 1 saturated heterocycles. The Labute approximate surface area is 216 Å². The minimum Gasteiger partial charge on any atom is -0.376 e. The summed E-state index contributed by atoms with van der Waals surface area (Å²) in [7, 11) is 0. The molecule has 1 aliphatic heterocycles. The maximum atomic E-state index is 13.2. The van der Waals surface area contributed by atoms with Gasteiger partial charge in [0, 0.05) is 32.7 Å². The highest BCUT2D eigenvalue weighted by atomic mass is 32.2. The van der Waals surface area contributed by atoms with E-state index in [1.807, 2.05) is 18.2 Å². The number of nitrogens with one attached hydrogen (secondary N) is 2. The van der Waals surface area contributed by atoms with Gasteiger partial charge in [-0.1, -0.05) is 35.5 Å². The largest absolute Gasteiger partial charge is 0.376 e. The van der Waals surface area contributed by atoms with Gasteiger partial charge >= 0.3 is 0 Å². The Hall–Kier alpha value is -2.65. The van der Waals surface area contributed by atoms with E-state index in [1.54, 1.807) is 10.6 Å². The van der Waals surface area contributed by atoms with E-state index >= 15 is 0 Å². The van der Waals surface area contributed by atoms with Gasteiger partial charge in [0.2, 0.25) is 11.8 Å². The van der Waals surface area contributed by atoms with Gasteiger partial charge in [0.05, 0.1) is 22.8 Å². The molecule has 1 unspecified atom stereocenters.